The summed E-state index contributed by atoms with van der Waals surface area (Å²) in [5, 5.41) is 0. The zero-order valence-corrected chi connectivity index (χ0v) is 11.4. The lowest BCUT2D eigenvalue weighted by Gasteiger charge is -2.35. The molecule has 0 aromatic rings. The average Bonchev–Trinajstić information content (AvgIpc) is 2.80. The van der Waals surface area contributed by atoms with Crippen molar-refractivity contribution in [1.29, 1.82) is 0 Å². The molecule has 2 unspecified atom stereocenters. The van der Waals surface area contributed by atoms with Gasteiger partial charge in [0.05, 0.1) is 6.04 Å². The smallest absolute Gasteiger partial charge is 0.191 e. The van der Waals surface area contributed by atoms with Gasteiger partial charge < -0.3 is 10.6 Å². The molecule has 3 heteroatoms. The quantitative estimate of drug-likeness (QED) is 0.592. The number of rotatable bonds is 2. The minimum atomic E-state index is 0.499. The predicted molar refractivity (Wildman–Crippen MR) is 73.1 cm³/mol. The molecular formula is C14H27N3. The summed E-state index contributed by atoms with van der Waals surface area (Å²) in [5.74, 6) is 1.62. The van der Waals surface area contributed by atoms with E-state index in [4.69, 9.17) is 10.7 Å². The molecule has 0 radical (unpaired) electrons. The highest BCUT2D eigenvalue weighted by molar-refractivity contribution is 5.78. The fraction of sp³-hybridized carbons (Fsp3) is 0.929. The summed E-state index contributed by atoms with van der Waals surface area (Å²) in [6, 6.07) is 1.11. The summed E-state index contributed by atoms with van der Waals surface area (Å²) in [4.78, 5) is 6.93. The van der Waals surface area contributed by atoms with Crippen LogP contribution in [-0.2, 0) is 0 Å². The Morgan fingerprint density at radius 3 is 2.47 bits per heavy atom. The van der Waals surface area contributed by atoms with Gasteiger partial charge in [-0.2, -0.15) is 0 Å². The number of nitrogens with two attached hydrogens (primary N) is 1. The molecular weight excluding hydrogens is 210 g/mol. The van der Waals surface area contributed by atoms with Crippen molar-refractivity contribution in [3.8, 4) is 0 Å². The van der Waals surface area contributed by atoms with E-state index in [-0.39, 0.29) is 0 Å². The molecule has 2 atom stereocenters. The molecule has 0 aliphatic heterocycles. The van der Waals surface area contributed by atoms with E-state index in [0.29, 0.717) is 12.1 Å². The Morgan fingerprint density at radius 1 is 1.12 bits per heavy atom. The van der Waals surface area contributed by atoms with Gasteiger partial charge >= 0.3 is 0 Å². The van der Waals surface area contributed by atoms with E-state index in [2.05, 4.69) is 18.9 Å². The highest BCUT2D eigenvalue weighted by Crippen LogP contribution is 2.27. The van der Waals surface area contributed by atoms with Gasteiger partial charge in [0.2, 0.25) is 0 Å². The van der Waals surface area contributed by atoms with E-state index in [1.807, 2.05) is 0 Å². The molecule has 0 bridgehead atoms. The third kappa shape index (κ3) is 3.36. The molecule has 17 heavy (non-hydrogen) atoms. The average molecular weight is 237 g/mol. The van der Waals surface area contributed by atoms with E-state index in [9.17, 15) is 0 Å². The van der Waals surface area contributed by atoms with Gasteiger partial charge in [-0.05, 0) is 31.6 Å². The summed E-state index contributed by atoms with van der Waals surface area (Å²) in [6.07, 6.45) is 10.4. The number of aliphatic imine (C=N–C) groups is 1. The van der Waals surface area contributed by atoms with Gasteiger partial charge in [0.25, 0.3) is 0 Å². The minimum Gasteiger partial charge on any atom is -0.370 e. The fourth-order valence-electron chi connectivity index (χ4n) is 3.25. The molecule has 0 saturated heterocycles. The van der Waals surface area contributed by atoms with Crippen LogP contribution >= 0.6 is 0 Å². The Hall–Kier alpha value is -0.730. The highest BCUT2D eigenvalue weighted by Gasteiger charge is 2.24. The van der Waals surface area contributed by atoms with Crippen LogP contribution in [0.1, 0.15) is 58.3 Å². The van der Waals surface area contributed by atoms with Crippen LogP contribution < -0.4 is 5.73 Å². The van der Waals surface area contributed by atoms with Gasteiger partial charge in [0, 0.05) is 13.1 Å². The van der Waals surface area contributed by atoms with Crippen molar-refractivity contribution in [2.24, 2.45) is 16.6 Å². The third-order valence-corrected chi connectivity index (χ3v) is 4.46. The first kappa shape index (κ1) is 12.7. The summed E-state index contributed by atoms with van der Waals surface area (Å²) in [5.41, 5.74) is 6.15. The minimum absolute atomic E-state index is 0.499. The van der Waals surface area contributed by atoms with Crippen molar-refractivity contribution >= 4 is 5.96 Å². The Labute approximate surface area is 105 Å². The summed E-state index contributed by atoms with van der Waals surface area (Å²) in [6.45, 7) is 2.35. The third-order valence-electron chi connectivity index (χ3n) is 4.46. The Morgan fingerprint density at radius 2 is 1.82 bits per heavy atom. The number of hydrogen-bond acceptors (Lipinski definition) is 1. The Kier molecular flexibility index (Phi) is 4.30. The Bertz CT molecular complexity index is 269. The lowest BCUT2D eigenvalue weighted by atomic mass is 9.86. The van der Waals surface area contributed by atoms with Gasteiger partial charge in [-0.3, -0.25) is 0 Å². The number of guanidine groups is 1. The molecule has 0 amide bonds. The van der Waals surface area contributed by atoms with Crippen LogP contribution in [0.4, 0.5) is 0 Å². The van der Waals surface area contributed by atoms with Gasteiger partial charge in [-0.15, -0.1) is 0 Å². The van der Waals surface area contributed by atoms with Crippen LogP contribution in [-0.4, -0.2) is 30.0 Å². The molecule has 3 nitrogen and oxygen atoms in total. The van der Waals surface area contributed by atoms with Crippen LogP contribution in [0, 0.1) is 5.92 Å². The standard InChI is InChI=1S/C14H27N3/c1-11-6-5-9-13(10-11)17(2)14(15)16-12-7-3-4-8-12/h11-13H,3-10H2,1-2H3,(H2,15,16). The van der Waals surface area contributed by atoms with Gasteiger partial charge in [-0.1, -0.05) is 32.6 Å². The van der Waals surface area contributed by atoms with Crippen molar-refractivity contribution in [2.75, 3.05) is 7.05 Å². The molecule has 2 rings (SSSR count). The summed E-state index contributed by atoms with van der Waals surface area (Å²) >= 11 is 0. The normalized spacial score (nSPS) is 31.8. The molecule has 2 N–H and O–H groups in total. The molecule has 2 fully saturated rings. The Balaban J connectivity index is 1.90. The SMILES string of the molecule is CC1CCCC(N(C)C(N)=NC2CCCC2)C1. The second-order valence-corrected chi connectivity index (χ2v) is 5.96. The van der Waals surface area contributed by atoms with Crippen LogP contribution in [0.3, 0.4) is 0 Å². The maximum atomic E-state index is 6.15. The van der Waals surface area contributed by atoms with Crippen molar-refractivity contribution in [3.05, 3.63) is 0 Å². The molecule has 2 aliphatic carbocycles. The van der Waals surface area contributed by atoms with E-state index >= 15 is 0 Å². The molecule has 0 aromatic carbocycles. The van der Waals surface area contributed by atoms with Gasteiger partial charge in [0.1, 0.15) is 0 Å². The molecule has 2 saturated carbocycles. The topological polar surface area (TPSA) is 41.6 Å². The molecule has 0 spiro atoms. The predicted octanol–water partition coefficient (Wildman–Crippen LogP) is 2.75. The first-order valence-electron chi connectivity index (χ1n) is 7.23. The van der Waals surface area contributed by atoms with Crippen molar-refractivity contribution in [2.45, 2.75) is 70.4 Å². The van der Waals surface area contributed by atoms with E-state index in [0.717, 1.165) is 11.9 Å². The second kappa shape index (κ2) is 5.74. The zero-order chi connectivity index (χ0) is 12.3. The summed E-state index contributed by atoms with van der Waals surface area (Å²) < 4.78 is 0. The maximum Gasteiger partial charge on any atom is 0.191 e. The van der Waals surface area contributed by atoms with Crippen molar-refractivity contribution < 1.29 is 0 Å². The molecule has 98 valence electrons. The number of hydrogen-bond donors (Lipinski definition) is 1. The van der Waals surface area contributed by atoms with E-state index in [1.165, 1.54) is 51.4 Å². The van der Waals surface area contributed by atoms with Crippen LogP contribution in [0.15, 0.2) is 4.99 Å². The first-order chi connectivity index (χ1) is 8.16. The van der Waals surface area contributed by atoms with Gasteiger partial charge in [-0.25, -0.2) is 4.99 Å². The zero-order valence-electron chi connectivity index (χ0n) is 11.4. The summed E-state index contributed by atoms with van der Waals surface area (Å²) in [7, 11) is 2.12. The second-order valence-electron chi connectivity index (χ2n) is 5.96. The van der Waals surface area contributed by atoms with Crippen molar-refractivity contribution in [1.82, 2.24) is 4.90 Å². The number of nitrogens with zero attached hydrogens (tertiary/aromatic N) is 2. The van der Waals surface area contributed by atoms with E-state index < -0.39 is 0 Å². The van der Waals surface area contributed by atoms with E-state index in [1.54, 1.807) is 0 Å². The largest absolute Gasteiger partial charge is 0.370 e. The molecule has 2 aliphatic rings. The highest BCUT2D eigenvalue weighted by atomic mass is 15.3. The monoisotopic (exact) mass is 237 g/mol. The van der Waals surface area contributed by atoms with Crippen LogP contribution in [0.5, 0.6) is 0 Å². The van der Waals surface area contributed by atoms with Crippen molar-refractivity contribution in [3.63, 3.8) is 0 Å². The van der Waals surface area contributed by atoms with Gasteiger partial charge in [0.15, 0.2) is 5.96 Å². The lowest BCUT2D eigenvalue weighted by molar-refractivity contribution is 0.229. The molecule has 0 aromatic heterocycles. The van der Waals surface area contributed by atoms with Crippen LogP contribution in [0.25, 0.3) is 0 Å². The first-order valence-corrected chi connectivity index (χ1v) is 7.23. The van der Waals surface area contributed by atoms with Crippen LogP contribution in [0.2, 0.25) is 0 Å². The lowest BCUT2D eigenvalue weighted by Crippen LogP contribution is -2.44. The fourth-order valence-corrected chi connectivity index (χ4v) is 3.25. The molecule has 0 heterocycles. The maximum absolute atomic E-state index is 6.15.